The van der Waals surface area contributed by atoms with Crippen LogP contribution < -0.4 is 0 Å². The van der Waals surface area contributed by atoms with Crippen LogP contribution in [0.15, 0.2) is 18.5 Å². The predicted molar refractivity (Wildman–Crippen MR) is 60.9 cm³/mol. The second-order valence-electron chi connectivity index (χ2n) is 4.36. The molecule has 0 aliphatic heterocycles. The summed E-state index contributed by atoms with van der Waals surface area (Å²) >= 11 is 5.98. The van der Waals surface area contributed by atoms with E-state index in [1.165, 1.54) is 19.3 Å². The van der Waals surface area contributed by atoms with Crippen molar-refractivity contribution in [1.29, 1.82) is 0 Å². The summed E-state index contributed by atoms with van der Waals surface area (Å²) in [5.74, 6) is 0.737. The Morgan fingerprint density at radius 2 is 2.33 bits per heavy atom. The van der Waals surface area contributed by atoms with Gasteiger partial charge in [0.1, 0.15) is 0 Å². The Morgan fingerprint density at radius 1 is 1.53 bits per heavy atom. The number of aromatic nitrogens is 1. The van der Waals surface area contributed by atoms with Gasteiger partial charge in [0.15, 0.2) is 0 Å². The second kappa shape index (κ2) is 4.95. The summed E-state index contributed by atoms with van der Waals surface area (Å²) in [6.45, 7) is 0. The lowest BCUT2D eigenvalue weighted by Crippen LogP contribution is -2.21. The van der Waals surface area contributed by atoms with Crippen LogP contribution in [-0.4, -0.2) is 16.2 Å². The van der Waals surface area contributed by atoms with Gasteiger partial charge in [-0.2, -0.15) is 0 Å². The first-order valence-corrected chi connectivity index (χ1v) is 5.90. The Balaban J connectivity index is 1.87. The van der Waals surface area contributed by atoms with Crippen LogP contribution in [0.5, 0.6) is 0 Å². The lowest BCUT2D eigenvalue weighted by atomic mass is 9.80. The summed E-state index contributed by atoms with van der Waals surface area (Å²) in [5, 5.41) is 10.5. The van der Waals surface area contributed by atoms with E-state index >= 15 is 0 Å². The zero-order valence-electron chi connectivity index (χ0n) is 8.69. The van der Waals surface area contributed by atoms with Crippen molar-refractivity contribution in [2.75, 3.05) is 0 Å². The smallest absolute Gasteiger partial charge is 0.0622 e. The normalized spacial score (nSPS) is 18.5. The van der Waals surface area contributed by atoms with E-state index in [2.05, 4.69) is 4.98 Å². The summed E-state index contributed by atoms with van der Waals surface area (Å²) in [5.41, 5.74) is 0.999. The molecule has 1 aromatic heterocycles. The van der Waals surface area contributed by atoms with Gasteiger partial charge in [-0.15, -0.1) is 0 Å². The van der Waals surface area contributed by atoms with E-state index in [0.717, 1.165) is 17.9 Å². The molecule has 15 heavy (non-hydrogen) atoms. The average molecular weight is 226 g/mol. The van der Waals surface area contributed by atoms with Crippen molar-refractivity contribution in [3.8, 4) is 0 Å². The van der Waals surface area contributed by atoms with Gasteiger partial charge in [-0.3, -0.25) is 4.98 Å². The van der Waals surface area contributed by atoms with Crippen LogP contribution in [0.4, 0.5) is 0 Å². The fourth-order valence-corrected chi connectivity index (χ4v) is 2.22. The first kappa shape index (κ1) is 10.9. The van der Waals surface area contributed by atoms with Gasteiger partial charge in [0.2, 0.25) is 0 Å². The molecule has 1 atom stereocenters. The van der Waals surface area contributed by atoms with Crippen molar-refractivity contribution < 1.29 is 5.11 Å². The van der Waals surface area contributed by atoms with Crippen molar-refractivity contribution >= 4 is 11.6 Å². The molecule has 1 aliphatic carbocycles. The first-order valence-electron chi connectivity index (χ1n) is 5.52. The minimum absolute atomic E-state index is 0.254. The number of pyridine rings is 1. The summed E-state index contributed by atoms with van der Waals surface area (Å²) < 4.78 is 0. The van der Waals surface area contributed by atoms with Gasteiger partial charge in [-0.05, 0) is 30.4 Å². The van der Waals surface area contributed by atoms with Crippen LogP contribution in [0.1, 0.15) is 31.2 Å². The second-order valence-corrected chi connectivity index (χ2v) is 4.76. The summed E-state index contributed by atoms with van der Waals surface area (Å²) in [6.07, 6.45) is 8.55. The number of hydrogen-bond acceptors (Lipinski definition) is 2. The molecular formula is C12H16ClNO. The Hall–Kier alpha value is -0.600. The molecule has 1 N–H and O–H groups in total. The number of aliphatic hydroxyl groups is 1. The van der Waals surface area contributed by atoms with Gasteiger partial charge >= 0.3 is 0 Å². The average Bonchev–Trinajstić information content (AvgIpc) is 2.16. The van der Waals surface area contributed by atoms with Crippen LogP contribution in [0, 0.1) is 5.92 Å². The number of aliphatic hydroxyl groups excluding tert-OH is 1. The van der Waals surface area contributed by atoms with Gasteiger partial charge in [0.25, 0.3) is 0 Å². The fraction of sp³-hybridized carbons (Fsp3) is 0.583. The van der Waals surface area contributed by atoms with E-state index < -0.39 is 0 Å². The zero-order valence-corrected chi connectivity index (χ0v) is 9.45. The molecule has 1 aliphatic rings. The van der Waals surface area contributed by atoms with Gasteiger partial charge in [-0.1, -0.05) is 30.9 Å². The lowest BCUT2D eigenvalue weighted by Gasteiger charge is -2.27. The number of halogens is 1. The highest BCUT2D eigenvalue weighted by atomic mass is 35.5. The van der Waals surface area contributed by atoms with Crippen molar-refractivity contribution in [1.82, 2.24) is 4.98 Å². The first-order chi connectivity index (χ1) is 7.25. The fourth-order valence-electron chi connectivity index (χ4n) is 2.02. The maximum absolute atomic E-state index is 9.88. The van der Waals surface area contributed by atoms with Gasteiger partial charge in [0.05, 0.1) is 11.1 Å². The van der Waals surface area contributed by atoms with Gasteiger partial charge in [-0.25, -0.2) is 0 Å². The van der Waals surface area contributed by atoms with E-state index in [1.807, 2.05) is 6.07 Å². The minimum Gasteiger partial charge on any atom is -0.393 e. The van der Waals surface area contributed by atoms with E-state index in [1.54, 1.807) is 12.4 Å². The van der Waals surface area contributed by atoms with Crippen molar-refractivity contribution in [3.05, 3.63) is 29.0 Å². The third-order valence-corrected chi connectivity index (χ3v) is 3.48. The molecule has 0 amide bonds. The van der Waals surface area contributed by atoms with Crippen LogP contribution in [0.2, 0.25) is 5.02 Å². The molecule has 1 heterocycles. The number of hydrogen-bond donors (Lipinski definition) is 1. The monoisotopic (exact) mass is 225 g/mol. The lowest BCUT2D eigenvalue weighted by molar-refractivity contribution is 0.118. The molecule has 82 valence electrons. The Kier molecular flexibility index (Phi) is 3.60. The highest BCUT2D eigenvalue weighted by Gasteiger charge is 2.21. The van der Waals surface area contributed by atoms with Gasteiger partial charge in [0, 0.05) is 12.4 Å². The summed E-state index contributed by atoms with van der Waals surface area (Å²) in [4.78, 5) is 3.93. The topological polar surface area (TPSA) is 33.1 Å². The molecule has 0 aromatic carbocycles. The molecule has 3 heteroatoms. The molecule has 0 radical (unpaired) electrons. The predicted octanol–water partition coefficient (Wildman–Crippen LogP) is 2.83. The van der Waals surface area contributed by atoms with Gasteiger partial charge < -0.3 is 5.11 Å². The Bertz CT molecular complexity index is 325. The number of nitrogens with zero attached hydrogens (tertiary/aromatic N) is 1. The molecule has 1 aromatic rings. The van der Waals surface area contributed by atoms with Crippen LogP contribution in [0.25, 0.3) is 0 Å². The molecule has 0 spiro atoms. The van der Waals surface area contributed by atoms with Crippen LogP contribution in [0.3, 0.4) is 0 Å². The largest absolute Gasteiger partial charge is 0.393 e. The van der Waals surface area contributed by atoms with E-state index in [-0.39, 0.29) is 6.10 Å². The molecule has 1 saturated carbocycles. The maximum atomic E-state index is 9.88. The summed E-state index contributed by atoms with van der Waals surface area (Å²) in [7, 11) is 0. The maximum Gasteiger partial charge on any atom is 0.0622 e. The highest BCUT2D eigenvalue weighted by molar-refractivity contribution is 6.31. The third-order valence-electron chi connectivity index (χ3n) is 3.14. The summed E-state index contributed by atoms with van der Waals surface area (Å²) in [6, 6.07) is 1.88. The quantitative estimate of drug-likeness (QED) is 0.855. The van der Waals surface area contributed by atoms with Crippen LogP contribution >= 0.6 is 11.6 Å². The highest BCUT2D eigenvalue weighted by Crippen LogP contribution is 2.31. The number of rotatable bonds is 4. The zero-order chi connectivity index (χ0) is 10.7. The molecule has 0 bridgehead atoms. The Morgan fingerprint density at radius 3 is 2.93 bits per heavy atom. The van der Waals surface area contributed by atoms with E-state index in [9.17, 15) is 5.11 Å². The van der Waals surface area contributed by atoms with Crippen LogP contribution in [-0.2, 0) is 6.42 Å². The molecule has 2 rings (SSSR count). The van der Waals surface area contributed by atoms with E-state index in [0.29, 0.717) is 11.4 Å². The molecule has 1 fully saturated rings. The SMILES string of the molecule is OC(Cc1ccncc1Cl)CC1CCC1. The molecule has 1 unspecified atom stereocenters. The molecule has 0 saturated heterocycles. The van der Waals surface area contributed by atoms with Crippen molar-refractivity contribution in [3.63, 3.8) is 0 Å². The molecular weight excluding hydrogens is 210 g/mol. The van der Waals surface area contributed by atoms with E-state index in [4.69, 9.17) is 11.6 Å². The van der Waals surface area contributed by atoms with Crippen molar-refractivity contribution in [2.24, 2.45) is 5.92 Å². The minimum atomic E-state index is -0.254. The third kappa shape index (κ3) is 2.93. The van der Waals surface area contributed by atoms with Crippen molar-refractivity contribution in [2.45, 2.75) is 38.2 Å². The molecule has 2 nitrogen and oxygen atoms in total. The Labute approximate surface area is 95.3 Å². The standard InChI is InChI=1S/C12H16ClNO/c13-12-8-14-5-4-10(12)7-11(15)6-9-2-1-3-9/h4-5,8-9,11,15H,1-3,6-7H2.